The highest BCUT2D eigenvalue weighted by Crippen LogP contribution is 2.23. The van der Waals surface area contributed by atoms with Gasteiger partial charge >= 0.3 is 0 Å². The van der Waals surface area contributed by atoms with Crippen LogP contribution in [0.1, 0.15) is 32.2 Å². The fourth-order valence-corrected chi connectivity index (χ4v) is 1.15. The molecule has 0 atom stereocenters. The lowest BCUT2D eigenvalue weighted by atomic mass is 9.91. The van der Waals surface area contributed by atoms with Crippen LogP contribution in [0.2, 0.25) is 5.02 Å². The van der Waals surface area contributed by atoms with Crippen LogP contribution in [0.3, 0.4) is 0 Å². The Morgan fingerprint density at radius 1 is 1.38 bits per heavy atom. The molecule has 0 fully saturated rings. The molecule has 0 N–H and O–H groups in total. The van der Waals surface area contributed by atoms with Gasteiger partial charge < -0.3 is 0 Å². The first kappa shape index (κ1) is 10.0. The van der Waals surface area contributed by atoms with Gasteiger partial charge in [0.2, 0.25) is 0 Å². The number of halogens is 1. The van der Waals surface area contributed by atoms with E-state index in [9.17, 15) is 0 Å². The number of hydrogen-bond acceptors (Lipinski definition) is 2. The predicted octanol–water partition coefficient (Wildman–Crippen LogP) is 2.90. The molecule has 0 saturated heterocycles. The molecule has 1 heterocycles. The van der Waals surface area contributed by atoms with Gasteiger partial charge in [0.15, 0.2) is 0 Å². The van der Waals surface area contributed by atoms with Gasteiger partial charge in [-0.2, -0.15) is 5.26 Å². The van der Waals surface area contributed by atoms with E-state index in [0.29, 0.717) is 10.7 Å². The molecular formula is C10H11ClN2. The second kappa shape index (κ2) is 3.35. The quantitative estimate of drug-likeness (QED) is 0.637. The topological polar surface area (TPSA) is 36.7 Å². The van der Waals surface area contributed by atoms with Crippen molar-refractivity contribution in [3.8, 4) is 6.07 Å². The summed E-state index contributed by atoms with van der Waals surface area (Å²) in [5.74, 6) is 0. The van der Waals surface area contributed by atoms with Gasteiger partial charge in [-0.05, 0) is 12.1 Å². The summed E-state index contributed by atoms with van der Waals surface area (Å²) in [6.07, 6.45) is 0. The predicted molar refractivity (Wildman–Crippen MR) is 52.7 cm³/mol. The molecule has 3 heteroatoms. The molecule has 0 aromatic carbocycles. The lowest BCUT2D eigenvalue weighted by molar-refractivity contribution is 0.568. The lowest BCUT2D eigenvalue weighted by Gasteiger charge is -2.17. The summed E-state index contributed by atoms with van der Waals surface area (Å²) in [5, 5.41) is 9.25. The van der Waals surface area contributed by atoms with E-state index in [0.717, 1.165) is 5.69 Å². The SMILES string of the molecule is CC(C)(C)c1cc(Cl)cc(C#N)n1. The molecule has 0 aliphatic carbocycles. The van der Waals surface area contributed by atoms with Crippen LogP contribution in [0, 0.1) is 11.3 Å². The standard InChI is InChI=1S/C10H11ClN2/c1-10(2,3)9-5-7(11)4-8(6-12)13-9/h4-5H,1-3H3. The molecule has 1 aromatic heterocycles. The number of aromatic nitrogens is 1. The van der Waals surface area contributed by atoms with Gasteiger partial charge in [0.25, 0.3) is 0 Å². The van der Waals surface area contributed by atoms with Crippen molar-refractivity contribution in [1.29, 1.82) is 5.26 Å². The smallest absolute Gasteiger partial charge is 0.142 e. The Bertz CT molecular complexity index is 358. The molecule has 68 valence electrons. The minimum Gasteiger partial charge on any atom is -0.241 e. The molecule has 1 aromatic rings. The van der Waals surface area contributed by atoms with Gasteiger partial charge in [-0.15, -0.1) is 0 Å². The van der Waals surface area contributed by atoms with E-state index in [-0.39, 0.29) is 5.41 Å². The third kappa shape index (κ3) is 2.43. The first-order valence-electron chi connectivity index (χ1n) is 4.01. The maximum Gasteiger partial charge on any atom is 0.142 e. The van der Waals surface area contributed by atoms with E-state index in [4.69, 9.17) is 16.9 Å². The minimum atomic E-state index is -0.0729. The first-order valence-corrected chi connectivity index (χ1v) is 4.39. The van der Waals surface area contributed by atoms with E-state index in [1.54, 1.807) is 12.1 Å². The number of nitriles is 1. The summed E-state index contributed by atoms with van der Waals surface area (Å²) in [6.45, 7) is 6.10. The van der Waals surface area contributed by atoms with Crippen molar-refractivity contribution in [1.82, 2.24) is 4.98 Å². The van der Waals surface area contributed by atoms with Crippen LogP contribution >= 0.6 is 11.6 Å². The van der Waals surface area contributed by atoms with Crippen LogP contribution in [-0.4, -0.2) is 4.98 Å². The second-order valence-corrected chi connectivity index (χ2v) is 4.35. The number of pyridine rings is 1. The highest BCUT2D eigenvalue weighted by Gasteiger charge is 2.16. The first-order chi connectivity index (χ1) is 5.93. The monoisotopic (exact) mass is 194 g/mol. The van der Waals surface area contributed by atoms with Crippen molar-refractivity contribution in [2.24, 2.45) is 0 Å². The average Bonchev–Trinajstić information content (AvgIpc) is 2.01. The Labute approximate surface area is 83.2 Å². The summed E-state index contributed by atoms with van der Waals surface area (Å²) in [5.41, 5.74) is 1.14. The van der Waals surface area contributed by atoms with Gasteiger partial charge in [0, 0.05) is 16.1 Å². The summed E-state index contributed by atoms with van der Waals surface area (Å²) < 4.78 is 0. The van der Waals surface area contributed by atoms with Crippen molar-refractivity contribution < 1.29 is 0 Å². The maximum atomic E-state index is 8.68. The third-order valence-corrected chi connectivity index (χ3v) is 1.89. The van der Waals surface area contributed by atoms with E-state index >= 15 is 0 Å². The van der Waals surface area contributed by atoms with Gasteiger partial charge in [0.1, 0.15) is 11.8 Å². The highest BCUT2D eigenvalue weighted by atomic mass is 35.5. The van der Waals surface area contributed by atoms with E-state index < -0.39 is 0 Å². The highest BCUT2D eigenvalue weighted by molar-refractivity contribution is 6.30. The van der Waals surface area contributed by atoms with Gasteiger partial charge in [-0.25, -0.2) is 4.98 Å². The fraction of sp³-hybridized carbons (Fsp3) is 0.400. The number of rotatable bonds is 0. The third-order valence-electron chi connectivity index (χ3n) is 1.67. The Morgan fingerprint density at radius 3 is 2.46 bits per heavy atom. The summed E-state index contributed by atoms with van der Waals surface area (Å²) >= 11 is 5.84. The molecule has 0 radical (unpaired) electrons. The molecule has 0 unspecified atom stereocenters. The molecule has 0 aliphatic heterocycles. The molecule has 0 aliphatic rings. The number of hydrogen-bond donors (Lipinski definition) is 0. The molecule has 0 bridgehead atoms. The van der Waals surface area contributed by atoms with Crippen LogP contribution in [-0.2, 0) is 5.41 Å². The zero-order chi connectivity index (χ0) is 10.1. The second-order valence-electron chi connectivity index (χ2n) is 3.92. The normalized spacial score (nSPS) is 11.0. The van der Waals surface area contributed by atoms with Crippen LogP contribution < -0.4 is 0 Å². The zero-order valence-electron chi connectivity index (χ0n) is 7.93. The Hall–Kier alpha value is -1.07. The molecule has 0 spiro atoms. The van der Waals surface area contributed by atoms with Crippen molar-refractivity contribution in [3.63, 3.8) is 0 Å². The van der Waals surface area contributed by atoms with Crippen LogP contribution in [0.15, 0.2) is 12.1 Å². The molecule has 0 amide bonds. The minimum absolute atomic E-state index is 0.0729. The van der Waals surface area contributed by atoms with Crippen LogP contribution in [0.5, 0.6) is 0 Å². The van der Waals surface area contributed by atoms with Crippen molar-refractivity contribution >= 4 is 11.6 Å². The molecule has 2 nitrogen and oxygen atoms in total. The largest absolute Gasteiger partial charge is 0.241 e. The molecule has 1 rings (SSSR count). The van der Waals surface area contributed by atoms with Gasteiger partial charge in [-0.1, -0.05) is 32.4 Å². The van der Waals surface area contributed by atoms with Gasteiger partial charge in [0.05, 0.1) is 0 Å². The Balaban J connectivity index is 3.26. The summed E-state index contributed by atoms with van der Waals surface area (Å²) in [6, 6.07) is 5.35. The van der Waals surface area contributed by atoms with Crippen molar-refractivity contribution in [2.45, 2.75) is 26.2 Å². The van der Waals surface area contributed by atoms with E-state index in [1.807, 2.05) is 26.8 Å². The van der Waals surface area contributed by atoms with Gasteiger partial charge in [-0.3, -0.25) is 0 Å². The zero-order valence-corrected chi connectivity index (χ0v) is 8.68. The molecule has 13 heavy (non-hydrogen) atoms. The summed E-state index contributed by atoms with van der Waals surface area (Å²) in [4.78, 5) is 4.18. The van der Waals surface area contributed by atoms with Crippen molar-refractivity contribution in [2.75, 3.05) is 0 Å². The fourth-order valence-electron chi connectivity index (χ4n) is 0.939. The summed E-state index contributed by atoms with van der Waals surface area (Å²) in [7, 11) is 0. The maximum absolute atomic E-state index is 8.68. The van der Waals surface area contributed by atoms with Crippen LogP contribution in [0.4, 0.5) is 0 Å². The molecule has 0 saturated carbocycles. The van der Waals surface area contributed by atoms with E-state index in [2.05, 4.69) is 4.98 Å². The molecular weight excluding hydrogens is 184 g/mol. The lowest BCUT2D eigenvalue weighted by Crippen LogP contribution is -2.13. The average molecular weight is 195 g/mol. The Kier molecular flexibility index (Phi) is 2.58. The van der Waals surface area contributed by atoms with E-state index in [1.165, 1.54) is 0 Å². The Morgan fingerprint density at radius 2 is 2.00 bits per heavy atom. The number of nitrogens with zero attached hydrogens (tertiary/aromatic N) is 2. The van der Waals surface area contributed by atoms with Crippen LogP contribution in [0.25, 0.3) is 0 Å². The van der Waals surface area contributed by atoms with Crippen molar-refractivity contribution in [3.05, 3.63) is 28.5 Å².